The molecule has 1 N–H and O–H groups in total. The van der Waals surface area contributed by atoms with Gasteiger partial charge in [0.2, 0.25) is 5.82 Å². The van der Waals surface area contributed by atoms with Crippen LogP contribution in [0.15, 0.2) is 36.7 Å². The third-order valence-corrected chi connectivity index (χ3v) is 6.30. The second-order valence-electron chi connectivity index (χ2n) is 8.90. The number of halogens is 4. The summed E-state index contributed by atoms with van der Waals surface area (Å²) in [6.45, 7) is 3.58. The minimum atomic E-state index is -4.52. The van der Waals surface area contributed by atoms with E-state index in [0.717, 1.165) is 4.57 Å². The molecule has 0 spiro atoms. The van der Waals surface area contributed by atoms with E-state index in [2.05, 4.69) is 25.5 Å². The summed E-state index contributed by atoms with van der Waals surface area (Å²) in [4.78, 5) is 10.7. The number of ether oxygens (including phenoxy) is 2. The van der Waals surface area contributed by atoms with Crippen LogP contribution in [-0.4, -0.2) is 56.4 Å². The monoisotopic (exact) mass is 531 g/mol. The minimum Gasteiger partial charge on any atom is -0.493 e. The zero-order valence-corrected chi connectivity index (χ0v) is 20.7. The Morgan fingerprint density at radius 2 is 1.89 bits per heavy atom. The molecule has 0 atom stereocenters. The third kappa shape index (κ3) is 5.32. The van der Waals surface area contributed by atoms with Crippen LogP contribution in [-0.2, 0) is 19.3 Å². The molecule has 0 radical (unpaired) electrons. The first kappa shape index (κ1) is 25.6. The smallest absolute Gasteiger partial charge is 0.451 e. The number of aromatic nitrogens is 5. The number of rotatable bonds is 8. The molecule has 1 aliphatic heterocycles. The average molecular weight is 532 g/mol. The highest BCUT2D eigenvalue weighted by atomic mass is 19.4. The van der Waals surface area contributed by atoms with Crippen LogP contribution in [0.5, 0.6) is 11.5 Å². The Hall–Kier alpha value is -4.00. The van der Waals surface area contributed by atoms with E-state index in [1.807, 2.05) is 4.90 Å². The van der Waals surface area contributed by atoms with Gasteiger partial charge in [0.05, 0.1) is 25.8 Å². The molecule has 0 aliphatic carbocycles. The van der Waals surface area contributed by atoms with Gasteiger partial charge in [-0.05, 0) is 43.2 Å². The van der Waals surface area contributed by atoms with Crippen LogP contribution < -0.4 is 14.8 Å². The molecule has 0 amide bonds. The lowest BCUT2D eigenvalue weighted by molar-refractivity contribution is -0.148. The Balaban J connectivity index is 1.25. The molecular formula is C25H25F4N7O2. The number of hydrogen-bond donors (Lipinski definition) is 1. The van der Waals surface area contributed by atoms with Gasteiger partial charge in [-0.25, -0.2) is 14.4 Å². The van der Waals surface area contributed by atoms with Crippen molar-refractivity contribution in [2.24, 2.45) is 0 Å². The Labute approximate surface area is 215 Å². The minimum absolute atomic E-state index is 0.180. The van der Waals surface area contributed by atoms with Gasteiger partial charge < -0.3 is 19.4 Å². The third-order valence-electron chi connectivity index (χ3n) is 6.30. The topological polar surface area (TPSA) is 90.2 Å². The van der Waals surface area contributed by atoms with E-state index in [4.69, 9.17) is 9.47 Å². The van der Waals surface area contributed by atoms with Crippen LogP contribution in [0.4, 0.5) is 29.1 Å². The molecule has 2 aromatic carbocycles. The second-order valence-corrected chi connectivity index (χ2v) is 8.90. The average Bonchev–Trinajstić information content (AvgIpc) is 3.33. The highest BCUT2D eigenvalue weighted by Gasteiger charge is 2.39. The summed E-state index contributed by atoms with van der Waals surface area (Å²) in [7, 11) is 1.54. The van der Waals surface area contributed by atoms with Crippen LogP contribution >= 0.6 is 0 Å². The van der Waals surface area contributed by atoms with E-state index in [1.165, 1.54) is 19.5 Å². The molecule has 4 aromatic rings. The molecule has 5 rings (SSSR count). The zero-order valence-electron chi connectivity index (χ0n) is 20.7. The first-order chi connectivity index (χ1) is 18.2. The van der Waals surface area contributed by atoms with E-state index in [-0.39, 0.29) is 18.9 Å². The summed E-state index contributed by atoms with van der Waals surface area (Å²) in [5, 5.41) is 10.9. The number of fused-ring (bicyclic) bond motifs is 2. The second kappa shape index (κ2) is 10.4. The van der Waals surface area contributed by atoms with Gasteiger partial charge in [0.15, 0.2) is 11.5 Å². The molecular weight excluding hydrogens is 506 g/mol. The fourth-order valence-electron chi connectivity index (χ4n) is 4.37. The number of benzene rings is 2. The molecule has 2 aromatic heterocycles. The maximum atomic E-state index is 13.7. The molecule has 38 heavy (non-hydrogen) atoms. The van der Waals surface area contributed by atoms with Gasteiger partial charge in [-0.15, -0.1) is 10.2 Å². The largest absolute Gasteiger partial charge is 0.493 e. The maximum absolute atomic E-state index is 13.7. The predicted molar refractivity (Wildman–Crippen MR) is 131 cm³/mol. The van der Waals surface area contributed by atoms with Gasteiger partial charge >= 0.3 is 6.18 Å². The SMILES string of the molecule is COc1cc2ncnc(Nc3ccc(F)c(C)c3)c2cc1OCCCN1CCn2c(nnc2C(F)(F)F)C1. The van der Waals surface area contributed by atoms with Crippen LogP contribution in [0.2, 0.25) is 0 Å². The van der Waals surface area contributed by atoms with Gasteiger partial charge in [-0.2, -0.15) is 13.2 Å². The highest BCUT2D eigenvalue weighted by molar-refractivity contribution is 5.93. The predicted octanol–water partition coefficient (Wildman–Crippen LogP) is 4.72. The number of nitrogens with zero attached hydrogens (tertiary/aromatic N) is 6. The van der Waals surface area contributed by atoms with Gasteiger partial charge in [0, 0.05) is 36.8 Å². The van der Waals surface area contributed by atoms with Crippen molar-refractivity contribution in [2.75, 3.05) is 32.1 Å². The molecule has 1 aliphatic rings. The summed E-state index contributed by atoms with van der Waals surface area (Å²) in [5.41, 5.74) is 1.83. The Morgan fingerprint density at radius 3 is 2.66 bits per heavy atom. The summed E-state index contributed by atoms with van der Waals surface area (Å²) in [5.74, 6) is 0.598. The summed E-state index contributed by atoms with van der Waals surface area (Å²) in [6, 6.07) is 8.25. The van der Waals surface area contributed by atoms with Crippen molar-refractivity contribution >= 4 is 22.4 Å². The molecule has 13 heteroatoms. The first-order valence-electron chi connectivity index (χ1n) is 11.9. The number of alkyl halides is 3. The Bertz CT molecular complexity index is 1460. The highest BCUT2D eigenvalue weighted by Crippen LogP contribution is 2.35. The van der Waals surface area contributed by atoms with Crippen LogP contribution in [0.3, 0.4) is 0 Å². The van der Waals surface area contributed by atoms with E-state index in [9.17, 15) is 17.6 Å². The van der Waals surface area contributed by atoms with Crippen LogP contribution in [0.1, 0.15) is 23.6 Å². The van der Waals surface area contributed by atoms with Crippen LogP contribution in [0.25, 0.3) is 10.9 Å². The standard InChI is InChI=1S/C25H25F4N7O2/c1-15-10-16(4-5-18(15)26)32-23-17-11-21(20(37-2)12-19(17)30-14-31-23)38-9-3-6-35-7-8-36-22(13-35)33-34-24(36)25(27,28)29/h4-5,10-12,14H,3,6-9,13H2,1-2H3,(H,30,31,32). The van der Waals surface area contributed by atoms with Crippen molar-refractivity contribution in [1.29, 1.82) is 0 Å². The van der Waals surface area contributed by atoms with Crippen LogP contribution in [0, 0.1) is 12.7 Å². The van der Waals surface area contributed by atoms with Gasteiger partial charge in [-0.3, -0.25) is 4.90 Å². The molecule has 3 heterocycles. The number of nitrogens with one attached hydrogen (secondary N) is 1. The first-order valence-corrected chi connectivity index (χ1v) is 11.9. The molecule has 0 bridgehead atoms. The number of hydrogen-bond acceptors (Lipinski definition) is 8. The fourth-order valence-corrected chi connectivity index (χ4v) is 4.37. The van der Waals surface area contributed by atoms with Gasteiger partial charge in [-0.1, -0.05) is 0 Å². The lowest BCUT2D eigenvalue weighted by atomic mass is 10.2. The Morgan fingerprint density at radius 1 is 1.05 bits per heavy atom. The number of anilines is 2. The molecule has 0 fully saturated rings. The lowest BCUT2D eigenvalue weighted by Crippen LogP contribution is -2.36. The van der Waals surface area contributed by atoms with Gasteiger partial charge in [0.1, 0.15) is 23.8 Å². The quantitative estimate of drug-likeness (QED) is 0.258. The van der Waals surface area contributed by atoms with Crippen molar-refractivity contribution < 1.29 is 27.0 Å². The molecule has 0 unspecified atom stereocenters. The van der Waals surface area contributed by atoms with E-state index in [0.29, 0.717) is 71.4 Å². The lowest BCUT2D eigenvalue weighted by Gasteiger charge is -2.27. The van der Waals surface area contributed by atoms with Gasteiger partial charge in [0.25, 0.3) is 0 Å². The van der Waals surface area contributed by atoms with E-state index < -0.39 is 12.0 Å². The zero-order chi connectivity index (χ0) is 26.9. The summed E-state index contributed by atoms with van der Waals surface area (Å²) >= 11 is 0. The van der Waals surface area contributed by atoms with Crippen molar-refractivity contribution in [3.8, 4) is 11.5 Å². The molecule has 9 nitrogen and oxygen atoms in total. The summed E-state index contributed by atoms with van der Waals surface area (Å²) in [6.07, 6.45) is -2.45. The summed E-state index contributed by atoms with van der Waals surface area (Å²) < 4.78 is 65.5. The normalized spacial score (nSPS) is 13.9. The molecule has 0 saturated heterocycles. The fraction of sp³-hybridized carbons (Fsp3) is 0.360. The van der Waals surface area contributed by atoms with E-state index >= 15 is 0 Å². The Kier molecular flexibility index (Phi) is 7.02. The van der Waals surface area contributed by atoms with Crippen molar-refractivity contribution in [1.82, 2.24) is 29.6 Å². The number of aryl methyl sites for hydroxylation is 1. The number of methoxy groups -OCH3 is 1. The molecule has 200 valence electrons. The van der Waals surface area contributed by atoms with Crippen molar-refractivity contribution in [3.05, 3.63) is 59.7 Å². The van der Waals surface area contributed by atoms with Crippen molar-refractivity contribution in [2.45, 2.75) is 32.6 Å². The van der Waals surface area contributed by atoms with E-state index in [1.54, 1.807) is 31.2 Å². The maximum Gasteiger partial charge on any atom is 0.451 e. The van der Waals surface area contributed by atoms with Crippen molar-refractivity contribution in [3.63, 3.8) is 0 Å². The molecule has 0 saturated carbocycles.